The third kappa shape index (κ3) is 4.28. The summed E-state index contributed by atoms with van der Waals surface area (Å²) in [6, 6.07) is 8.98. The molecule has 2 amide bonds. The van der Waals surface area contributed by atoms with Crippen molar-refractivity contribution in [2.45, 2.75) is 13.5 Å². The highest BCUT2D eigenvalue weighted by molar-refractivity contribution is 5.92. The maximum absolute atomic E-state index is 12.1. The Morgan fingerprint density at radius 1 is 1.08 bits per heavy atom. The molecule has 0 atom stereocenters. The molecule has 0 radical (unpaired) electrons. The normalized spacial score (nSPS) is 14.3. The van der Waals surface area contributed by atoms with Gasteiger partial charge in [0.15, 0.2) is 11.5 Å². The van der Waals surface area contributed by atoms with Crippen LogP contribution in [0.1, 0.15) is 23.1 Å². The Balaban J connectivity index is 1.55. The number of carbonyl (C=O) groups is 2. The highest BCUT2D eigenvalue weighted by atomic mass is 16.2. The number of amides is 2. The van der Waals surface area contributed by atoms with Crippen LogP contribution >= 0.6 is 0 Å². The number of pyridine rings is 1. The van der Waals surface area contributed by atoms with E-state index in [4.69, 9.17) is 0 Å². The zero-order valence-corrected chi connectivity index (χ0v) is 14.1. The molecule has 0 spiro atoms. The lowest BCUT2D eigenvalue weighted by molar-refractivity contribution is -0.129. The minimum Gasteiger partial charge on any atom is -0.352 e. The summed E-state index contributed by atoms with van der Waals surface area (Å²) in [5, 5.41) is 10.9. The topological polar surface area (TPSA) is 91.3 Å². The third-order valence-electron chi connectivity index (χ3n) is 4.09. The smallest absolute Gasteiger partial charge is 0.272 e. The number of aromatic nitrogens is 3. The van der Waals surface area contributed by atoms with Crippen LogP contribution in [-0.4, -0.2) is 58.1 Å². The Kier molecular flexibility index (Phi) is 5.17. The highest BCUT2D eigenvalue weighted by Gasteiger charge is 2.20. The van der Waals surface area contributed by atoms with Crippen molar-refractivity contribution >= 4 is 17.6 Å². The van der Waals surface area contributed by atoms with E-state index in [-0.39, 0.29) is 17.5 Å². The number of hydrogen-bond donors (Lipinski definition) is 1. The molecule has 2 aromatic heterocycles. The van der Waals surface area contributed by atoms with Crippen LogP contribution in [0.5, 0.6) is 0 Å². The number of rotatable bonds is 4. The van der Waals surface area contributed by atoms with E-state index in [2.05, 4.69) is 25.4 Å². The number of nitrogens with zero attached hydrogens (tertiary/aromatic N) is 5. The molecule has 1 saturated heterocycles. The monoisotopic (exact) mass is 340 g/mol. The van der Waals surface area contributed by atoms with Gasteiger partial charge in [-0.15, -0.1) is 10.2 Å². The molecule has 1 fully saturated rings. The summed E-state index contributed by atoms with van der Waals surface area (Å²) >= 11 is 0. The molecule has 0 saturated carbocycles. The highest BCUT2D eigenvalue weighted by Crippen LogP contribution is 2.13. The maximum atomic E-state index is 12.1. The fourth-order valence-electron chi connectivity index (χ4n) is 2.63. The predicted octanol–water partition coefficient (Wildman–Crippen LogP) is 0.470. The van der Waals surface area contributed by atoms with Crippen molar-refractivity contribution < 1.29 is 9.59 Å². The largest absolute Gasteiger partial charge is 0.352 e. The van der Waals surface area contributed by atoms with Gasteiger partial charge in [0.05, 0.1) is 12.2 Å². The molecule has 0 unspecified atom stereocenters. The van der Waals surface area contributed by atoms with Gasteiger partial charge in [-0.05, 0) is 24.3 Å². The van der Waals surface area contributed by atoms with E-state index < -0.39 is 0 Å². The molecule has 3 heterocycles. The molecule has 0 aliphatic carbocycles. The summed E-state index contributed by atoms with van der Waals surface area (Å²) in [5.41, 5.74) is 1.05. The van der Waals surface area contributed by atoms with Gasteiger partial charge >= 0.3 is 0 Å². The second kappa shape index (κ2) is 7.69. The first kappa shape index (κ1) is 16.8. The zero-order valence-electron chi connectivity index (χ0n) is 14.1. The van der Waals surface area contributed by atoms with E-state index in [0.29, 0.717) is 38.5 Å². The maximum Gasteiger partial charge on any atom is 0.272 e. The van der Waals surface area contributed by atoms with Gasteiger partial charge in [-0.2, -0.15) is 0 Å². The Bertz CT molecular complexity index is 727. The van der Waals surface area contributed by atoms with E-state index in [1.807, 2.05) is 23.1 Å². The molecule has 0 bridgehead atoms. The van der Waals surface area contributed by atoms with E-state index in [1.54, 1.807) is 25.3 Å². The van der Waals surface area contributed by atoms with Gasteiger partial charge in [-0.1, -0.05) is 6.07 Å². The van der Waals surface area contributed by atoms with Crippen LogP contribution in [0.2, 0.25) is 0 Å². The Morgan fingerprint density at radius 2 is 1.88 bits per heavy atom. The summed E-state index contributed by atoms with van der Waals surface area (Å²) in [6.07, 6.45) is 1.68. The third-order valence-corrected chi connectivity index (χ3v) is 4.09. The molecule has 1 aliphatic rings. The molecule has 25 heavy (non-hydrogen) atoms. The molecule has 3 rings (SSSR count). The molecule has 2 aromatic rings. The standard InChI is InChI=1S/C17H20N6O2/c1-13(24)22-8-10-23(11-9-22)16-6-5-15(20-21-16)17(25)19-12-14-4-2-3-7-18-14/h2-7H,8-12H2,1H3,(H,19,25). The lowest BCUT2D eigenvalue weighted by Crippen LogP contribution is -2.48. The van der Waals surface area contributed by atoms with E-state index >= 15 is 0 Å². The van der Waals surface area contributed by atoms with Crippen molar-refractivity contribution in [3.63, 3.8) is 0 Å². The number of piperazine rings is 1. The van der Waals surface area contributed by atoms with Crippen molar-refractivity contribution in [3.8, 4) is 0 Å². The summed E-state index contributed by atoms with van der Waals surface area (Å²) in [6.45, 7) is 4.68. The van der Waals surface area contributed by atoms with Crippen LogP contribution in [-0.2, 0) is 11.3 Å². The molecule has 8 nitrogen and oxygen atoms in total. The fourth-order valence-corrected chi connectivity index (χ4v) is 2.63. The van der Waals surface area contributed by atoms with Crippen LogP contribution in [0.4, 0.5) is 5.82 Å². The molecule has 1 N–H and O–H groups in total. The van der Waals surface area contributed by atoms with Crippen molar-refractivity contribution in [3.05, 3.63) is 47.9 Å². The second-order valence-corrected chi connectivity index (χ2v) is 5.77. The Morgan fingerprint density at radius 3 is 2.48 bits per heavy atom. The van der Waals surface area contributed by atoms with E-state index in [0.717, 1.165) is 5.69 Å². The quantitative estimate of drug-likeness (QED) is 0.870. The van der Waals surface area contributed by atoms with Crippen molar-refractivity contribution in [1.82, 2.24) is 25.4 Å². The Labute approximate surface area is 145 Å². The van der Waals surface area contributed by atoms with Gasteiger partial charge in [0.1, 0.15) is 0 Å². The molecular weight excluding hydrogens is 320 g/mol. The average Bonchev–Trinajstić information content (AvgIpc) is 2.67. The fraction of sp³-hybridized carbons (Fsp3) is 0.353. The second-order valence-electron chi connectivity index (χ2n) is 5.77. The summed E-state index contributed by atoms with van der Waals surface area (Å²) < 4.78 is 0. The first-order chi connectivity index (χ1) is 12.1. The van der Waals surface area contributed by atoms with Crippen LogP contribution in [0.3, 0.4) is 0 Å². The predicted molar refractivity (Wildman–Crippen MR) is 91.9 cm³/mol. The summed E-state index contributed by atoms with van der Waals surface area (Å²) in [7, 11) is 0. The van der Waals surface area contributed by atoms with Crippen molar-refractivity contribution in [1.29, 1.82) is 0 Å². The lowest BCUT2D eigenvalue weighted by atomic mass is 10.3. The summed E-state index contributed by atoms with van der Waals surface area (Å²) in [4.78, 5) is 31.5. The number of nitrogens with one attached hydrogen (secondary N) is 1. The van der Waals surface area contributed by atoms with Gasteiger partial charge in [0, 0.05) is 39.3 Å². The van der Waals surface area contributed by atoms with Gasteiger partial charge in [-0.25, -0.2) is 0 Å². The minimum atomic E-state index is -0.286. The lowest BCUT2D eigenvalue weighted by Gasteiger charge is -2.34. The van der Waals surface area contributed by atoms with Crippen LogP contribution in [0, 0.1) is 0 Å². The molecule has 0 aromatic carbocycles. The zero-order chi connectivity index (χ0) is 17.6. The number of carbonyl (C=O) groups excluding carboxylic acids is 2. The van der Waals surface area contributed by atoms with Gasteiger partial charge in [0.2, 0.25) is 5.91 Å². The number of hydrogen-bond acceptors (Lipinski definition) is 6. The van der Waals surface area contributed by atoms with E-state index in [9.17, 15) is 9.59 Å². The summed E-state index contributed by atoms with van der Waals surface area (Å²) in [5.74, 6) is 0.515. The molecule has 8 heteroatoms. The SMILES string of the molecule is CC(=O)N1CCN(c2ccc(C(=O)NCc3ccccn3)nn2)CC1. The van der Waals surface area contributed by atoms with Gasteiger partial charge in [-0.3, -0.25) is 14.6 Å². The number of anilines is 1. The minimum absolute atomic E-state index is 0.0886. The first-order valence-electron chi connectivity index (χ1n) is 8.16. The first-order valence-corrected chi connectivity index (χ1v) is 8.16. The molecule has 130 valence electrons. The molecule has 1 aliphatic heterocycles. The van der Waals surface area contributed by atoms with Gasteiger partial charge in [0.25, 0.3) is 5.91 Å². The average molecular weight is 340 g/mol. The van der Waals surface area contributed by atoms with Crippen LogP contribution < -0.4 is 10.2 Å². The van der Waals surface area contributed by atoms with Crippen LogP contribution in [0.15, 0.2) is 36.5 Å². The van der Waals surface area contributed by atoms with Crippen molar-refractivity contribution in [2.24, 2.45) is 0 Å². The van der Waals surface area contributed by atoms with Gasteiger partial charge < -0.3 is 15.1 Å². The van der Waals surface area contributed by atoms with Crippen LogP contribution in [0.25, 0.3) is 0 Å². The Hall–Kier alpha value is -3.03. The molecular formula is C17H20N6O2. The van der Waals surface area contributed by atoms with E-state index in [1.165, 1.54) is 0 Å². The van der Waals surface area contributed by atoms with Crippen molar-refractivity contribution in [2.75, 3.05) is 31.1 Å².